The van der Waals surface area contributed by atoms with E-state index < -0.39 is 18.1 Å². The zero-order valence-electron chi connectivity index (χ0n) is 29.0. The Morgan fingerprint density at radius 1 is 0.588 bits per heavy atom. The molecule has 0 unspecified atom stereocenters. The van der Waals surface area contributed by atoms with Gasteiger partial charge in [-0.25, -0.2) is 9.59 Å². The maximum atomic E-state index is 12.0. The van der Waals surface area contributed by atoms with Gasteiger partial charge in [0.25, 0.3) is 0 Å². The summed E-state index contributed by atoms with van der Waals surface area (Å²) in [6.45, 7) is 0.494. The van der Waals surface area contributed by atoms with E-state index in [4.69, 9.17) is 10.5 Å². The van der Waals surface area contributed by atoms with E-state index in [0.29, 0.717) is 36.1 Å². The van der Waals surface area contributed by atoms with Gasteiger partial charge in [0.05, 0.1) is 39.6 Å². The fraction of sp³-hybridized carbons (Fsp3) is 0.237. The molecule has 3 N–H and O–H groups in total. The number of rotatable bonds is 12. The van der Waals surface area contributed by atoms with Crippen LogP contribution in [-0.2, 0) is 47.9 Å². The van der Waals surface area contributed by atoms with Gasteiger partial charge in [-0.2, -0.15) is 27.0 Å². The number of aldehydes is 1. The van der Waals surface area contributed by atoms with Gasteiger partial charge in [0, 0.05) is 12.1 Å². The molecule has 0 saturated carbocycles. The first kappa shape index (κ1) is 46.0. The standard InChI is InChI=1S/C19H21NO4.C10H13NO2.C9H8O3.2H2S/c1-23-18(21)16-10-8-15(9-11-16)13-20-17(19(22)24-2)12-14-6-4-3-5-7-14;1-13-10(12)9(11)7-8-5-3-2-4-6-8;1-12-9(11)8-4-2-7(6-10)3-5-8;;/h3-11,17,20H,12-13H2,1-2H3;2-6,9H,7,11H2,1H3;2-6H,1H3;2*1H2/t17-;9-;;;/m11.../s1. The lowest BCUT2D eigenvalue weighted by Crippen LogP contribution is -2.39. The van der Waals surface area contributed by atoms with Crippen molar-refractivity contribution in [2.75, 3.05) is 28.4 Å². The minimum Gasteiger partial charge on any atom is -0.468 e. The van der Waals surface area contributed by atoms with E-state index in [1.165, 1.54) is 28.4 Å². The molecule has 13 heteroatoms. The Balaban J connectivity index is 0.000000788. The van der Waals surface area contributed by atoms with Crippen molar-refractivity contribution in [2.24, 2.45) is 5.73 Å². The molecule has 0 aliphatic heterocycles. The van der Waals surface area contributed by atoms with E-state index in [1.54, 1.807) is 36.4 Å². The second kappa shape index (κ2) is 25.9. The van der Waals surface area contributed by atoms with Crippen LogP contribution in [0.2, 0.25) is 0 Å². The van der Waals surface area contributed by atoms with Gasteiger partial charge in [-0.1, -0.05) is 84.9 Å². The monoisotopic (exact) mass is 738 g/mol. The van der Waals surface area contributed by atoms with Crippen LogP contribution < -0.4 is 11.1 Å². The average Bonchev–Trinajstić information content (AvgIpc) is 3.16. The Morgan fingerprint density at radius 3 is 1.43 bits per heavy atom. The van der Waals surface area contributed by atoms with Crippen molar-refractivity contribution in [3.63, 3.8) is 0 Å². The molecule has 51 heavy (non-hydrogen) atoms. The van der Waals surface area contributed by atoms with Crippen molar-refractivity contribution in [1.82, 2.24) is 5.32 Å². The molecule has 2 atom stereocenters. The first-order valence-electron chi connectivity index (χ1n) is 15.2. The molecular weight excluding hydrogens is 693 g/mol. The van der Waals surface area contributed by atoms with Crippen molar-refractivity contribution in [3.05, 3.63) is 143 Å². The van der Waals surface area contributed by atoms with Crippen molar-refractivity contribution < 1.29 is 42.9 Å². The molecule has 4 rings (SSSR count). The molecule has 0 fully saturated rings. The third-order valence-electron chi connectivity index (χ3n) is 6.97. The minimum absolute atomic E-state index is 0. The average molecular weight is 739 g/mol. The third kappa shape index (κ3) is 17.0. The largest absolute Gasteiger partial charge is 0.468 e. The van der Waals surface area contributed by atoms with E-state index >= 15 is 0 Å². The number of benzene rings is 4. The lowest BCUT2D eigenvalue weighted by molar-refractivity contribution is -0.143. The number of carbonyl (C=O) groups is 5. The molecule has 0 saturated heterocycles. The lowest BCUT2D eigenvalue weighted by Gasteiger charge is -2.16. The maximum Gasteiger partial charge on any atom is 0.337 e. The highest BCUT2D eigenvalue weighted by molar-refractivity contribution is 7.59. The SMILES string of the molecule is COC(=O)[C@H](N)Cc1ccccc1.COC(=O)c1ccc(C=O)cc1.COC(=O)c1ccc(CN[C@H](Cc2ccccc2)C(=O)OC)cc1.S.S. The van der Waals surface area contributed by atoms with Crippen LogP contribution >= 0.6 is 27.0 Å². The molecule has 11 nitrogen and oxygen atoms in total. The van der Waals surface area contributed by atoms with Crippen LogP contribution in [0.1, 0.15) is 47.8 Å². The van der Waals surface area contributed by atoms with Crippen LogP contribution in [-0.4, -0.2) is 70.7 Å². The second-order valence-corrected chi connectivity index (χ2v) is 10.4. The van der Waals surface area contributed by atoms with Gasteiger partial charge in [-0.3, -0.25) is 14.4 Å². The van der Waals surface area contributed by atoms with E-state index in [9.17, 15) is 24.0 Å². The minimum atomic E-state index is -0.563. The van der Waals surface area contributed by atoms with Crippen LogP contribution in [0.25, 0.3) is 0 Å². The number of methoxy groups -OCH3 is 4. The predicted octanol–water partition coefficient (Wildman–Crippen LogP) is 4.59. The Hall–Kier alpha value is -4.95. The molecule has 0 aliphatic rings. The summed E-state index contributed by atoms with van der Waals surface area (Å²) in [6, 6.07) is 31.7. The van der Waals surface area contributed by atoms with Crippen LogP contribution in [0.3, 0.4) is 0 Å². The quantitative estimate of drug-likeness (QED) is 0.119. The molecule has 0 radical (unpaired) electrons. The number of hydrogen-bond donors (Lipinski definition) is 2. The molecule has 0 amide bonds. The summed E-state index contributed by atoms with van der Waals surface area (Å²) in [7, 11) is 5.39. The normalized spacial score (nSPS) is 10.7. The summed E-state index contributed by atoms with van der Waals surface area (Å²) in [5.41, 5.74) is 10.1. The number of nitrogens with one attached hydrogen (secondary N) is 1. The van der Waals surface area contributed by atoms with Crippen molar-refractivity contribution >= 4 is 57.2 Å². The zero-order chi connectivity index (χ0) is 36.0. The summed E-state index contributed by atoms with van der Waals surface area (Å²) in [4.78, 5) is 55.5. The molecule has 0 bridgehead atoms. The van der Waals surface area contributed by atoms with Gasteiger partial charge in [-0.15, -0.1) is 0 Å². The fourth-order valence-electron chi connectivity index (χ4n) is 4.27. The van der Waals surface area contributed by atoms with Gasteiger partial charge in [0.15, 0.2) is 0 Å². The van der Waals surface area contributed by atoms with Gasteiger partial charge in [-0.05, 0) is 53.8 Å². The maximum absolute atomic E-state index is 12.0. The van der Waals surface area contributed by atoms with E-state index in [2.05, 4.69) is 19.5 Å². The van der Waals surface area contributed by atoms with Gasteiger partial charge >= 0.3 is 23.9 Å². The number of ether oxygens (including phenoxy) is 4. The van der Waals surface area contributed by atoms with Crippen LogP contribution in [0.5, 0.6) is 0 Å². The highest BCUT2D eigenvalue weighted by Crippen LogP contribution is 2.09. The third-order valence-corrected chi connectivity index (χ3v) is 6.97. The van der Waals surface area contributed by atoms with Crippen LogP contribution in [0.4, 0.5) is 0 Å². The molecule has 0 spiro atoms. The second-order valence-electron chi connectivity index (χ2n) is 10.4. The van der Waals surface area contributed by atoms with Crippen molar-refractivity contribution in [3.8, 4) is 0 Å². The Morgan fingerprint density at radius 2 is 1.02 bits per heavy atom. The van der Waals surface area contributed by atoms with Crippen molar-refractivity contribution in [2.45, 2.75) is 31.5 Å². The number of nitrogens with two attached hydrogens (primary N) is 1. The summed E-state index contributed by atoms with van der Waals surface area (Å²) in [5, 5.41) is 3.21. The summed E-state index contributed by atoms with van der Waals surface area (Å²) in [6.07, 6.45) is 1.79. The van der Waals surface area contributed by atoms with E-state index in [1.807, 2.05) is 72.8 Å². The molecular formula is C38H46N2O9S2. The molecule has 0 aromatic heterocycles. The summed E-state index contributed by atoms with van der Waals surface area (Å²) in [5.74, 6) is -1.44. The fourth-order valence-corrected chi connectivity index (χ4v) is 4.27. The molecule has 4 aromatic carbocycles. The number of hydrogen-bond acceptors (Lipinski definition) is 11. The molecule has 0 heterocycles. The number of carbonyl (C=O) groups excluding carboxylic acids is 5. The number of esters is 4. The Bertz CT molecular complexity index is 1610. The zero-order valence-corrected chi connectivity index (χ0v) is 31.0. The highest BCUT2D eigenvalue weighted by Gasteiger charge is 2.19. The summed E-state index contributed by atoms with van der Waals surface area (Å²) >= 11 is 0. The van der Waals surface area contributed by atoms with Crippen LogP contribution in [0, 0.1) is 0 Å². The topological polar surface area (TPSA) is 160 Å². The predicted molar refractivity (Wildman–Crippen MR) is 205 cm³/mol. The Kier molecular flexibility index (Phi) is 23.4. The highest BCUT2D eigenvalue weighted by atomic mass is 32.1. The summed E-state index contributed by atoms with van der Waals surface area (Å²) < 4.78 is 18.5. The molecule has 4 aromatic rings. The van der Waals surface area contributed by atoms with Crippen molar-refractivity contribution in [1.29, 1.82) is 0 Å². The first-order chi connectivity index (χ1) is 23.6. The van der Waals surface area contributed by atoms with Gasteiger partial charge in [0.2, 0.25) is 0 Å². The van der Waals surface area contributed by atoms with Crippen LogP contribution in [0.15, 0.2) is 109 Å². The lowest BCUT2D eigenvalue weighted by atomic mass is 10.1. The van der Waals surface area contributed by atoms with E-state index in [-0.39, 0.29) is 44.9 Å². The van der Waals surface area contributed by atoms with Gasteiger partial charge < -0.3 is 30.0 Å². The van der Waals surface area contributed by atoms with E-state index in [0.717, 1.165) is 23.0 Å². The molecule has 274 valence electrons. The first-order valence-corrected chi connectivity index (χ1v) is 15.2. The van der Waals surface area contributed by atoms with Gasteiger partial charge in [0.1, 0.15) is 18.4 Å². The smallest absolute Gasteiger partial charge is 0.337 e. The molecule has 0 aliphatic carbocycles. The Labute approximate surface area is 312 Å².